The third kappa shape index (κ3) is 7.90. The molecule has 1 atom stereocenters. The predicted molar refractivity (Wildman–Crippen MR) is 84.8 cm³/mol. The van der Waals surface area contributed by atoms with E-state index in [-0.39, 0.29) is 13.1 Å². The Morgan fingerprint density at radius 1 is 0.917 bits per heavy atom. The van der Waals surface area contributed by atoms with Crippen molar-refractivity contribution in [3.63, 3.8) is 0 Å². The summed E-state index contributed by atoms with van der Waals surface area (Å²) in [5.74, 6) is -2.89. The van der Waals surface area contributed by atoms with Gasteiger partial charge in [-0.15, -0.1) is 0 Å². The van der Waals surface area contributed by atoms with Crippen LogP contribution in [0.4, 0.5) is 0 Å². The first-order valence-corrected chi connectivity index (χ1v) is 7.21. The van der Waals surface area contributed by atoms with Crippen molar-refractivity contribution in [2.24, 2.45) is 5.73 Å². The Morgan fingerprint density at radius 2 is 1.46 bits per heavy atom. The lowest BCUT2D eigenvalue weighted by Gasteiger charge is -2.12. The van der Waals surface area contributed by atoms with Crippen molar-refractivity contribution in [2.75, 3.05) is 19.6 Å². The van der Waals surface area contributed by atoms with Crippen LogP contribution in [-0.4, -0.2) is 54.5 Å². The minimum Gasteiger partial charge on any atom is -0.480 e. The first kappa shape index (κ1) is 19.1. The Bertz CT molecular complexity index is 591. The van der Waals surface area contributed by atoms with E-state index in [2.05, 4.69) is 16.0 Å². The highest BCUT2D eigenvalue weighted by Gasteiger charge is 2.15. The van der Waals surface area contributed by atoms with Gasteiger partial charge in [0, 0.05) is 0 Å². The quantitative estimate of drug-likeness (QED) is 0.351. The van der Waals surface area contributed by atoms with Crippen LogP contribution in [0.5, 0.6) is 0 Å². The van der Waals surface area contributed by atoms with Crippen molar-refractivity contribution in [1.29, 1.82) is 0 Å². The van der Waals surface area contributed by atoms with E-state index in [1.54, 1.807) is 0 Å². The zero-order chi connectivity index (χ0) is 17.9. The van der Waals surface area contributed by atoms with Crippen molar-refractivity contribution < 1.29 is 24.3 Å². The molecule has 0 saturated carbocycles. The van der Waals surface area contributed by atoms with E-state index in [0.29, 0.717) is 6.42 Å². The summed E-state index contributed by atoms with van der Waals surface area (Å²) in [6.07, 6.45) is 0.339. The molecule has 1 aromatic carbocycles. The standard InChI is InChI=1S/C15H20N4O5/c16-11(6-10-4-2-1-3-5-10)15(24)19-8-13(21)17-7-12(20)18-9-14(22)23/h1-5,11H,6-9,16H2,(H,17,21)(H,18,20)(H,19,24)(H,22,23). The SMILES string of the molecule is NC(Cc1ccccc1)C(=O)NCC(=O)NCC(=O)NCC(=O)O. The Hall–Kier alpha value is -2.94. The van der Waals surface area contributed by atoms with E-state index < -0.39 is 36.3 Å². The molecule has 0 fully saturated rings. The maximum atomic E-state index is 11.8. The lowest BCUT2D eigenvalue weighted by Crippen LogP contribution is -2.47. The van der Waals surface area contributed by atoms with Gasteiger partial charge in [0.15, 0.2) is 0 Å². The lowest BCUT2D eigenvalue weighted by atomic mass is 10.1. The van der Waals surface area contributed by atoms with Crippen LogP contribution < -0.4 is 21.7 Å². The monoisotopic (exact) mass is 336 g/mol. The second-order valence-corrected chi connectivity index (χ2v) is 4.96. The molecule has 0 aromatic heterocycles. The average molecular weight is 336 g/mol. The first-order chi connectivity index (χ1) is 11.4. The number of rotatable bonds is 9. The molecule has 0 radical (unpaired) electrons. The van der Waals surface area contributed by atoms with Crippen LogP contribution in [-0.2, 0) is 25.6 Å². The van der Waals surface area contributed by atoms with Gasteiger partial charge in [0.25, 0.3) is 0 Å². The molecule has 0 heterocycles. The van der Waals surface area contributed by atoms with Gasteiger partial charge in [-0.2, -0.15) is 0 Å². The number of amides is 3. The van der Waals surface area contributed by atoms with Gasteiger partial charge < -0.3 is 26.8 Å². The molecule has 1 unspecified atom stereocenters. The van der Waals surface area contributed by atoms with Crippen LogP contribution in [0.3, 0.4) is 0 Å². The van der Waals surface area contributed by atoms with Crippen LogP contribution in [0.2, 0.25) is 0 Å². The summed E-state index contributed by atoms with van der Waals surface area (Å²) in [7, 11) is 0. The zero-order valence-corrected chi connectivity index (χ0v) is 13.0. The minimum absolute atomic E-state index is 0.326. The number of nitrogens with two attached hydrogens (primary N) is 1. The summed E-state index contributed by atoms with van der Waals surface area (Å²) in [5, 5.41) is 15.1. The number of hydrogen-bond donors (Lipinski definition) is 5. The number of hydrogen-bond acceptors (Lipinski definition) is 5. The molecule has 0 aliphatic rings. The number of carboxylic acids is 1. The molecule has 24 heavy (non-hydrogen) atoms. The highest BCUT2D eigenvalue weighted by atomic mass is 16.4. The number of benzene rings is 1. The summed E-state index contributed by atoms with van der Waals surface area (Å²) in [6, 6.07) is 8.42. The molecule has 9 heteroatoms. The Morgan fingerprint density at radius 3 is 2.04 bits per heavy atom. The molecule has 0 saturated heterocycles. The average Bonchev–Trinajstić information content (AvgIpc) is 2.56. The molecule has 0 bridgehead atoms. The van der Waals surface area contributed by atoms with E-state index >= 15 is 0 Å². The molecular weight excluding hydrogens is 316 g/mol. The van der Waals surface area contributed by atoms with E-state index in [1.807, 2.05) is 30.3 Å². The van der Waals surface area contributed by atoms with Gasteiger partial charge in [-0.25, -0.2) is 0 Å². The smallest absolute Gasteiger partial charge is 0.322 e. The number of carbonyl (C=O) groups is 4. The second kappa shape index (κ2) is 9.95. The Balaban J connectivity index is 2.24. The number of nitrogens with one attached hydrogen (secondary N) is 3. The fourth-order valence-corrected chi connectivity index (χ4v) is 1.74. The number of aliphatic carboxylic acids is 1. The maximum Gasteiger partial charge on any atom is 0.322 e. The molecule has 0 aliphatic carbocycles. The fraction of sp³-hybridized carbons (Fsp3) is 0.333. The summed E-state index contributed by atoms with van der Waals surface area (Å²) in [4.78, 5) is 44.8. The van der Waals surface area contributed by atoms with Crippen LogP contribution >= 0.6 is 0 Å². The normalized spacial score (nSPS) is 11.2. The van der Waals surface area contributed by atoms with E-state index in [0.717, 1.165) is 5.56 Å². The molecule has 3 amide bonds. The lowest BCUT2D eigenvalue weighted by molar-refractivity contribution is -0.137. The summed E-state index contributed by atoms with van der Waals surface area (Å²) >= 11 is 0. The third-order valence-electron chi connectivity index (χ3n) is 2.94. The maximum absolute atomic E-state index is 11.8. The van der Waals surface area contributed by atoms with Gasteiger partial charge in [0.1, 0.15) is 6.54 Å². The molecule has 0 aliphatic heterocycles. The predicted octanol–water partition coefficient (Wildman–Crippen LogP) is -2.01. The molecule has 130 valence electrons. The third-order valence-corrected chi connectivity index (χ3v) is 2.94. The number of carboxylic acid groups (broad SMARTS) is 1. The highest BCUT2D eigenvalue weighted by Crippen LogP contribution is 2.01. The van der Waals surface area contributed by atoms with E-state index in [9.17, 15) is 19.2 Å². The van der Waals surface area contributed by atoms with Crippen LogP contribution in [0.1, 0.15) is 5.56 Å². The van der Waals surface area contributed by atoms with Crippen LogP contribution in [0.25, 0.3) is 0 Å². The molecule has 0 spiro atoms. The van der Waals surface area contributed by atoms with Gasteiger partial charge in [0.2, 0.25) is 17.7 Å². The Labute approximate surface area is 138 Å². The summed E-state index contributed by atoms with van der Waals surface area (Å²) < 4.78 is 0. The van der Waals surface area contributed by atoms with Gasteiger partial charge >= 0.3 is 5.97 Å². The molecular formula is C15H20N4O5. The topological polar surface area (TPSA) is 151 Å². The van der Waals surface area contributed by atoms with Crippen molar-refractivity contribution in [2.45, 2.75) is 12.5 Å². The largest absolute Gasteiger partial charge is 0.480 e. The molecule has 1 rings (SSSR count). The van der Waals surface area contributed by atoms with Gasteiger partial charge in [-0.1, -0.05) is 30.3 Å². The fourth-order valence-electron chi connectivity index (χ4n) is 1.74. The van der Waals surface area contributed by atoms with Gasteiger partial charge in [-0.3, -0.25) is 19.2 Å². The van der Waals surface area contributed by atoms with Gasteiger partial charge in [-0.05, 0) is 12.0 Å². The van der Waals surface area contributed by atoms with Crippen molar-refractivity contribution in [3.05, 3.63) is 35.9 Å². The van der Waals surface area contributed by atoms with Crippen molar-refractivity contribution in [1.82, 2.24) is 16.0 Å². The molecule has 6 N–H and O–H groups in total. The first-order valence-electron chi connectivity index (χ1n) is 7.21. The van der Waals surface area contributed by atoms with Crippen molar-refractivity contribution in [3.8, 4) is 0 Å². The molecule has 9 nitrogen and oxygen atoms in total. The Kier molecular flexibility index (Phi) is 7.92. The summed E-state index contributed by atoms with van der Waals surface area (Å²) in [5.41, 5.74) is 6.66. The van der Waals surface area contributed by atoms with E-state index in [4.69, 9.17) is 10.8 Å². The number of carbonyl (C=O) groups excluding carboxylic acids is 3. The van der Waals surface area contributed by atoms with Gasteiger partial charge in [0.05, 0.1) is 19.1 Å². The van der Waals surface area contributed by atoms with E-state index in [1.165, 1.54) is 0 Å². The van der Waals surface area contributed by atoms with Crippen LogP contribution in [0, 0.1) is 0 Å². The molecule has 1 aromatic rings. The second-order valence-electron chi connectivity index (χ2n) is 4.96. The van der Waals surface area contributed by atoms with Crippen molar-refractivity contribution >= 4 is 23.7 Å². The summed E-state index contributed by atoms with van der Waals surface area (Å²) in [6.45, 7) is -1.23. The zero-order valence-electron chi connectivity index (χ0n) is 13.0. The highest BCUT2D eigenvalue weighted by molar-refractivity contribution is 5.90. The minimum atomic E-state index is -1.19. The van der Waals surface area contributed by atoms with Crippen LogP contribution in [0.15, 0.2) is 30.3 Å².